The molecule has 0 aromatic heterocycles. The molecule has 2 aliphatic carbocycles. The number of allylic oxidation sites excluding steroid dienone is 2. The van der Waals surface area contributed by atoms with Gasteiger partial charge in [0.15, 0.2) is 0 Å². The lowest BCUT2D eigenvalue weighted by molar-refractivity contribution is 0.253. The van der Waals surface area contributed by atoms with Crippen molar-refractivity contribution in [3.63, 3.8) is 0 Å². The first-order valence-corrected chi connectivity index (χ1v) is 7.90. The van der Waals surface area contributed by atoms with Gasteiger partial charge in [-0.1, -0.05) is 37.8 Å². The van der Waals surface area contributed by atoms with Crippen molar-refractivity contribution in [2.24, 2.45) is 0 Å². The molecule has 1 unspecified atom stereocenters. The number of unbranched alkanes of at least 4 members (excludes halogenated alkanes) is 4. The molecule has 1 heteroatoms. The summed E-state index contributed by atoms with van der Waals surface area (Å²) in [6.07, 6.45) is 15.9. The summed E-state index contributed by atoms with van der Waals surface area (Å²) in [5, 5.41) is 10.4. The Morgan fingerprint density at radius 3 is 2.56 bits per heavy atom. The fourth-order valence-electron chi connectivity index (χ4n) is 3.34. The van der Waals surface area contributed by atoms with Gasteiger partial charge in [-0.15, -0.1) is 0 Å². The molecule has 0 heterocycles. The maximum Gasteiger partial charge on any atom is 0.0963 e. The monoisotopic (exact) mass is 248 g/mol. The summed E-state index contributed by atoms with van der Waals surface area (Å²) in [5.41, 5.74) is 4.27. The van der Waals surface area contributed by atoms with Gasteiger partial charge < -0.3 is 5.11 Å². The number of rotatable bonds is 5. The Morgan fingerprint density at radius 2 is 1.83 bits per heavy atom. The molecule has 2 aliphatic rings. The molecule has 0 aromatic rings. The zero-order valence-electron chi connectivity index (χ0n) is 11.9. The van der Waals surface area contributed by atoms with Gasteiger partial charge in [0.1, 0.15) is 0 Å². The zero-order valence-corrected chi connectivity index (χ0v) is 11.9. The largest absolute Gasteiger partial charge is 0.384 e. The molecule has 0 aliphatic heterocycles. The third-order valence-electron chi connectivity index (χ3n) is 4.49. The van der Waals surface area contributed by atoms with Crippen molar-refractivity contribution in [1.29, 1.82) is 0 Å². The van der Waals surface area contributed by atoms with Crippen LogP contribution in [0.5, 0.6) is 0 Å². The normalized spacial score (nSPS) is 26.6. The highest BCUT2D eigenvalue weighted by Crippen LogP contribution is 2.38. The Balaban J connectivity index is 1.84. The van der Waals surface area contributed by atoms with E-state index in [0.29, 0.717) is 0 Å². The first-order chi connectivity index (χ1) is 8.83. The standard InChI is InChI=1S/C17H28O/c1-2-3-4-5-6-11-15-12-13-16(17(15)18)14-9-7-8-10-14/h11,17-18H,2-10,12-13H2,1H3. The minimum atomic E-state index is -0.218. The molecular formula is C17H28O. The molecule has 18 heavy (non-hydrogen) atoms. The van der Waals surface area contributed by atoms with E-state index in [1.807, 2.05) is 0 Å². The third kappa shape index (κ3) is 3.47. The Kier molecular flexibility index (Phi) is 5.49. The minimum absolute atomic E-state index is 0.218. The Hall–Kier alpha value is -0.560. The molecule has 0 radical (unpaired) electrons. The highest BCUT2D eigenvalue weighted by atomic mass is 16.3. The number of hydrogen-bond donors (Lipinski definition) is 1. The van der Waals surface area contributed by atoms with Crippen LogP contribution in [0.2, 0.25) is 0 Å². The van der Waals surface area contributed by atoms with E-state index < -0.39 is 0 Å². The maximum absolute atomic E-state index is 10.4. The van der Waals surface area contributed by atoms with E-state index in [0.717, 1.165) is 19.3 Å². The van der Waals surface area contributed by atoms with Crippen LogP contribution in [0, 0.1) is 0 Å². The van der Waals surface area contributed by atoms with E-state index in [-0.39, 0.29) is 6.10 Å². The summed E-state index contributed by atoms with van der Waals surface area (Å²) < 4.78 is 0. The zero-order chi connectivity index (χ0) is 12.8. The lowest BCUT2D eigenvalue weighted by Crippen LogP contribution is -2.07. The molecule has 0 bridgehead atoms. The number of aliphatic hydroxyl groups excluding tert-OH is 1. The molecular weight excluding hydrogens is 220 g/mol. The first kappa shape index (κ1) is 13.9. The van der Waals surface area contributed by atoms with Crippen molar-refractivity contribution in [2.75, 3.05) is 0 Å². The summed E-state index contributed by atoms with van der Waals surface area (Å²) in [5.74, 6) is 0. The van der Waals surface area contributed by atoms with Crippen LogP contribution in [0.15, 0.2) is 22.8 Å². The van der Waals surface area contributed by atoms with Crippen LogP contribution < -0.4 is 0 Å². The summed E-state index contributed by atoms with van der Waals surface area (Å²) in [7, 11) is 0. The van der Waals surface area contributed by atoms with E-state index in [9.17, 15) is 5.11 Å². The Morgan fingerprint density at radius 1 is 1.06 bits per heavy atom. The van der Waals surface area contributed by atoms with Gasteiger partial charge in [-0.05, 0) is 62.5 Å². The average molecular weight is 248 g/mol. The quantitative estimate of drug-likeness (QED) is 0.541. The lowest BCUT2D eigenvalue weighted by atomic mass is 10.0. The molecule has 2 fully saturated rings. The van der Waals surface area contributed by atoms with Gasteiger partial charge in [0, 0.05) is 0 Å². The molecule has 0 amide bonds. The van der Waals surface area contributed by atoms with Crippen LogP contribution in [0.4, 0.5) is 0 Å². The summed E-state index contributed by atoms with van der Waals surface area (Å²) in [6.45, 7) is 2.25. The minimum Gasteiger partial charge on any atom is -0.384 e. The summed E-state index contributed by atoms with van der Waals surface area (Å²) in [6, 6.07) is 0. The highest BCUT2D eigenvalue weighted by Gasteiger charge is 2.27. The maximum atomic E-state index is 10.4. The summed E-state index contributed by atoms with van der Waals surface area (Å²) in [4.78, 5) is 0. The van der Waals surface area contributed by atoms with Gasteiger partial charge in [-0.3, -0.25) is 0 Å². The van der Waals surface area contributed by atoms with Gasteiger partial charge in [-0.25, -0.2) is 0 Å². The predicted molar refractivity (Wildman–Crippen MR) is 77.6 cm³/mol. The van der Waals surface area contributed by atoms with Crippen LogP contribution in [0.25, 0.3) is 0 Å². The molecule has 1 N–H and O–H groups in total. The van der Waals surface area contributed by atoms with Crippen molar-refractivity contribution in [3.8, 4) is 0 Å². The Labute approximate surface area is 112 Å². The predicted octanol–water partition coefficient (Wildman–Crippen LogP) is 4.91. The van der Waals surface area contributed by atoms with Crippen LogP contribution in [-0.4, -0.2) is 11.2 Å². The van der Waals surface area contributed by atoms with Crippen molar-refractivity contribution < 1.29 is 5.11 Å². The van der Waals surface area contributed by atoms with E-state index >= 15 is 0 Å². The van der Waals surface area contributed by atoms with Gasteiger partial charge in [0.2, 0.25) is 0 Å². The summed E-state index contributed by atoms with van der Waals surface area (Å²) >= 11 is 0. The van der Waals surface area contributed by atoms with Crippen molar-refractivity contribution in [1.82, 2.24) is 0 Å². The van der Waals surface area contributed by atoms with E-state index in [4.69, 9.17) is 0 Å². The Bertz CT molecular complexity index is 317. The topological polar surface area (TPSA) is 20.2 Å². The average Bonchev–Trinajstić information content (AvgIpc) is 2.99. The van der Waals surface area contributed by atoms with Crippen LogP contribution in [0.1, 0.15) is 77.6 Å². The third-order valence-corrected chi connectivity index (χ3v) is 4.49. The fourth-order valence-corrected chi connectivity index (χ4v) is 3.34. The molecule has 2 saturated carbocycles. The lowest BCUT2D eigenvalue weighted by Gasteiger charge is -2.10. The molecule has 102 valence electrons. The van der Waals surface area contributed by atoms with Gasteiger partial charge in [0.25, 0.3) is 0 Å². The molecule has 1 nitrogen and oxygen atoms in total. The van der Waals surface area contributed by atoms with Crippen molar-refractivity contribution in [3.05, 3.63) is 22.8 Å². The second kappa shape index (κ2) is 7.13. The van der Waals surface area contributed by atoms with Gasteiger partial charge in [-0.2, -0.15) is 0 Å². The second-order valence-electron chi connectivity index (χ2n) is 5.87. The van der Waals surface area contributed by atoms with E-state index in [2.05, 4.69) is 13.0 Å². The van der Waals surface area contributed by atoms with Gasteiger partial charge in [0.05, 0.1) is 6.10 Å². The number of aliphatic hydroxyl groups is 1. The number of hydrogen-bond acceptors (Lipinski definition) is 1. The van der Waals surface area contributed by atoms with Crippen molar-refractivity contribution >= 4 is 0 Å². The second-order valence-corrected chi connectivity index (χ2v) is 5.87. The first-order valence-electron chi connectivity index (χ1n) is 7.90. The molecule has 0 aromatic carbocycles. The van der Waals surface area contributed by atoms with E-state index in [1.165, 1.54) is 62.5 Å². The smallest absolute Gasteiger partial charge is 0.0963 e. The SMILES string of the molecule is CCCCCCC=C1CCC(=C2CCCC2)C1O. The fraction of sp³-hybridized carbons (Fsp3) is 0.765. The van der Waals surface area contributed by atoms with E-state index in [1.54, 1.807) is 5.57 Å². The molecule has 2 rings (SSSR count). The van der Waals surface area contributed by atoms with Crippen LogP contribution in [-0.2, 0) is 0 Å². The van der Waals surface area contributed by atoms with Crippen molar-refractivity contribution in [2.45, 2.75) is 83.7 Å². The molecule has 0 spiro atoms. The molecule has 1 atom stereocenters. The van der Waals surface area contributed by atoms with Crippen LogP contribution >= 0.6 is 0 Å². The molecule has 0 saturated heterocycles. The van der Waals surface area contributed by atoms with Gasteiger partial charge >= 0.3 is 0 Å². The highest BCUT2D eigenvalue weighted by molar-refractivity contribution is 5.35. The van der Waals surface area contributed by atoms with Crippen LogP contribution in [0.3, 0.4) is 0 Å².